The molecule has 1 saturated heterocycles. The Balaban J connectivity index is 3.09. The van der Waals surface area contributed by atoms with E-state index in [9.17, 15) is 28.8 Å². The zero-order chi connectivity index (χ0) is 34.4. The first-order chi connectivity index (χ1) is 19.8. The zero-order valence-electron chi connectivity index (χ0n) is 28.5. The first-order valence-electron chi connectivity index (χ1n) is 14.8. The lowest BCUT2D eigenvalue weighted by Gasteiger charge is -2.48. The van der Waals surface area contributed by atoms with Crippen LogP contribution in [0, 0.1) is 5.92 Å². The van der Waals surface area contributed by atoms with Gasteiger partial charge in [0.05, 0.1) is 13.2 Å². The molecule has 14 heteroatoms. The molecule has 3 atom stereocenters. The second-order valence-electron chi connectivity index (χ2n) is 14.2. The smallest absolute Gasteiger partial charge is 0.430 e. The molecule has 2 unspecified atom stereocenters. The van der Waals surface area contributed by atoms with E-state index in [2.05, 4.69) is 10.6 Å². The summed E-state index contributed by atoms with van der Waals surface area (Å²) < 4.78 is 21.4. The molecule has 1 aliphatic heterocycles. The highest BCUT2D eigenvalue weighted by Crippen LogP contribution is 2.33. The van der Waals surface area contributed by atoms with E-state index in [1.165, 1.54) is 34.8 Å². The quantitative estimate of drug-likeness (QED) is 0.280. The number of hydrogen-bond acceptors (Lipinski definition) is 10. The Bertz CT molecular complexity index is 1090. The van der Waals surface area contributed by atoms with E-state index in [-0.39, 0.29) is 25.3 Å². The van der Waals surface area contributed by atoms with Crippen molar-refractivity contribution in [2.75, 3.05) is 13.7 Å². The average Bonchev–Trinajstić information content (AvgIpc) is 2.83. The highest BCUT2D eigenvalue weighted by Gasteiger charge is 2.53. The van der Waals surface area contributed by atoms with Gasteiger partial charge in [-0.15, -0.1) is 0 Å². The van der Waals surface area contributed by atoms with Gasteiger partial charge in [0, 0.05) is 13.0 Å². The van der Waals surface area contributed by atoms with Crippen LogP contribution in [-0.2, 0) is 33.3 Å². The molecule has 0 saturated carbocycles. The third kappa shape index (κ3) is 11.2. The maximum atomic E-state index is 13.6. The summed E-state index contributed by atoms with van der Waals surface area (Å²) >= 11 is 0. The average molecular weight is 629 g/mol. The summed E-state index contributed by atoms with van der Waals surface area (Å²) in [5.74, 6) is -2.12. The molecule has 0 aromatic rings. The summed E-state index contributed by atoms with van der Waals surface area (Å²) in [6.45, 7) is 19.6. The minimum atomic E-state index is -1.59. The Hall–Kier alpha value is -3.58. The maximum absolute atomic E-state index is 13.6. The Labute approximate surface area is 260 Å². The highest BCUT2D eigenvalue weighted by molar-refractivity contribution is 5.92. The topological polar surface area (TPSA) is 170 Å². The number of rotatable bonds is 9. The number of carbonyl (C=O) groups excluding carboxylic acids is 6. The van der Waals surface area contributed by atoms with Gasteiger partial charge in [0.2, 0.25) is 5.91 Å². The lowest BCUT2D eigenvalue weighted by atomic mass is 9.92. The largest absolute Gasteiger partial charge is 0.467 e. The molecule has 1 fully saturated rings. The fourth-order valence-corrected chi connectivity index (χ4v) is 4.48. The van der Waals surface area contributed by atoms with Crippen LogP contribution in [0.5, 0.6) is 0 Å². The first-order valence-corrected chi connectivity index (χ1v) is 14.8. The molecule has 4 amide bonds. The number of amides is 4. The Morgan fingerprint density at radius 3 is 1.84 bits per heavy atom. The Morgan fingerprint density at radius 2 is 1.36 bits per heavy atom. The Morgan fingerprint density at radius 1 is 0.818 bits per heavy atom. The predicted octanol–water partition coefficient (Wildman–Crippen LogP) is 4.09. The molecule has 44 heavy (non-hydrogen) atoms. The molecule has 0 aromatic heterocycles. The van der Waals surface area contributed by atoms with Crippen LogP contribution in [0.25, 0.3) is 0 Å². The van der Waals surface area contributed by atoms with Gasteiger partial charge in [-0.1, -0.05) is 13.8 Å². The summed E-state index contributed by atoms with van der Waals surface area (Å²) in [6, 6.07) is -1.98. The summed E-state index contributed by atoms with van der Waals surface area (Å²) in [4.78, 5) is 78.0. The molecular weight excluding hydrogens is 576 g/mol. The summed E-state index contributed by atoms with van der Waals surface area (Å²) in [7, 11) is 1.18. The number of methoxy groups -OCH3 is 1. The first kappa shape index (κ1) is 38.4. The van der Waals surface area contributed by atoms with Gasteiger partial charge in [-0.25, -0.2) is 24.2 Å². The van der Waals surface area contributed by atoms with Crippen LogP contribution in [0.3, 0.4) is 0 Å². The number of carbonyl (C=O) groups is 6. The SMILES string of the molecule is COC(=O)C1(C)CCCN(C(=O)OC(C)(C)C)N1C(=O)OC(C)(C)CC(=O)[C@H](C)NC(=O)C(NC(=O)OC(C)(C)C)C(C)C. The van der Waals surface area contributed by atoms with Gasteiger partial charge in [0.25, 0.3) is 0 Å². The summed E-state index contributed by atoms with van der Waals surface area (Å²) in [5.41, 5.74) is -4.65. The van der Waals surface area contributed by atoms with Crippen LogP contribution in [0.1, 0.15) is 102 Å². The summed E-state index contributed by atoms with van der Waals surface area (Å²) in [6.07, 6.45) is -2.43. The van der Waals surface area contributed by atoms with Crippen molar-refractivity contribution in [2.45, 2.75) is 137 Å². The van der Waals surface area contributed by atoms with Gasteiger partial charge >= 0.3 is 24.2 Å². The van der Waals surface area contributed by atoms with Crippen molar-refractivity contribution in [3.8, 4) is 0 Å². The van der Waals surface area contributed by atoms with Crippen molar-refractivity contribution in [2.24, 2.45) is 5.92 Å². The third-order valence-electron chi connectivity index (χ3n) is 6.57. The highest BCUT2D eigenvalue weighted by atomic mass is 16.6. The standard InChI is InChI=1S/C30H52N4O10/c1-18(2)21(32-24(38)42-27(4,5)6)22(36)31-19(3)20(35)17-29(10,11)44-26(40)34-30(12,23(37)41-13)15-14-16-33(34)25(39)43-28(7,8)9/h18-19,21H,14-17H2,1-13H3,(H,31,36)(H,32,38)/t19-,21?,30?/m0/s1. The number of nitrogens with zero attached hydrogens (tertiary/aromatic N) is 2. The molecule has 2 N–H and O–H groups in total. The minimum absolute atomic E-state index is 0.0768. The predicted molar refractivity (Wildman–Crippen MR) is 160 cm³/mol. The van der Waals surface area contributed by atoms with Crippen LogP contribution in [0.4, 0.5) is 14.4 Å². The molecule has 14 nitrogen and oxygen atoms in total. The number of esters is 1. The van der Waals surface area contributed by atoms with Gasteiger partial charge in [0.15, 0.2) is 11.3 Å². The van der Waals surface area contributed by atoms with Crippen LogP contribution in [0.2, 0.25) is 0 Å². The van der Waals surface area contributed by atoms with Gasteiger partial charge in [-0.2, -0.15) is 5.01 Å². The van der Waals surface area contributed by atoms with Gasteiger partial charge in [-0.05, 0) is 88.0 Å². The third-order valence-corrected chi connectivity index (χ3v) is 6.57. The molecule has 0 aliphatic carbocycles. The lowest BCUT2D eigenvalue weighted by Crippen LogP contribution is -2.67. The van der Waals surface area contributed by atoms with Crippen molar-refractivity contribution in [1.82, 2.24) is 20.7 Å². The van der Waals surface area contributed by atoms with Crippen molar-refractivity contribution in [3.63, 3.8) is 0 Å². The van der Waals surface area contributed by atoms with Crippen molar-refractivity contribution < 1.29 is 47.7 Å². The molecule has 0 aromatic carbocycles. The van der Waals surface area contributed by atoms with E-state index in [1.54, 1.807) is 55.4 Å². The molecule has 1 aliphatic rings. The van der Waals surface area contributed by atoms with Gasteiger partial charge < -0.3 is 29.6 Å². The molecule has 1 rings (SSSR count). The van der Waals surface area contributed by atoms with Crippen LogP contribution in [-0.4, -0.2) is 94.0 Å². The van der Waals surface area contributed by atoms with Crippen LogP contribution in [0.15, 0.2) is 0 Å². The van der Waals surface area contributed by atoms with Gasteiger partial charge in [-0.3, -0.25) is 9.59 Å². The van der Waals surface area contributed by atoms with Gasteiger partial charge in [0.1, 0.15) is 22.8 Å². The second-order valence-corrected chi connectivity index (χ2v) is 14.2. The minimum Gasteiger partial charge on any atom is -0.467 e. The molecule has 0 bridgehead atoms. The fraction of sp³-hybridized carbons (Fsp3) is 0.800. The van der Waals surface area contributed by atoms with E-state index in [4.69, 9.17) is 18.9 Å². The van der Waals surface area contributed by atoms with Crippen molar-refractivity contribution in [1.29, 1.82) is 0 Å². The lowest BCUT2D eigenvalue weighted by molar-refractivity contribution is -0.175. The number of ether oxygens (including phenoxy) is 4. The fourth-order valence-electron chi connectivity index (χ4n) is 4.48. The molecule has 252 valence electrons. The van der Waals surface area contributed by atoms with Crippen LogP contribution >= 0.6 is 0 Å². The number of nitrogens with one attached hydrogen (secondary N) is 2. The number of ketones is 1. The molecule has 1 heterocycles. The molecule has 0 radical (unpaired) electrons. The van der Waals surface area contributed by atoms with E-state index in [0.29, 0.717) is 6.42 Å². The number of Topliss-reactive ketones (excluding diaryl/α,β-unsaturated/α-hetero) is 1. The van der Waals surface area contributed by atoms with Crippen molar-refractivity contribution >= 4 is 35.9 Å². The summed E-state index contributed by atoms with van der Waals surface area (Å²) in [5, 5.41) is 7.05. The molecular formula is C30H52N4O10. The second kappa shape index (κ2) is 14.5. The maximum Gasteiger partial charge on any atom is 0.430 e. The number of hydrazine groups is 1. The van der Waals surface area contributed by atoms with E-state index < -0.39 is 70.4 Å². The monoisotopic (exact) mass is 628 g/mol. The number of hydrogen-bond donors (Lipinski definition) is 2. The van der Waals surface area contributed by atoms with E-state index in [1.807, 2.05) is 0 Å². The van der Waals surface area contributed by atoms with E-state index >= 15 is 0 Å². The number of alkyl carbamates (subject to hydrolysis) is 1. The normalized spacial score (nSPS) is 19.0. The van der Waals surface area contributed by atoms with Crippen molar-refractivity contribution in [3.05, 3.63) is 0 Å². The Kier molecular flexibility index (Phi) is 12.6. The van der Waals surface area contributed by atoms with Crippen LogP contribution < -0.4 is 10.6 Å². The van der Waals surface area contributed by atoms with E-state index in [0.717, 1.165) is 10.0 Å². The molecule has 0 spiro atoms. The zero-order valence-corrected chi connectivity index (χ0v) is 28.5.